The van der Waals surface area contributed by atoms with E-state index in [0.29, 0.717) is 5.69 Å². The maximum absolute atomic E-state index is 13.5. The number of carbonyl (C=O) groups is 1. The molecule has 2 N–H and O–H groups in total. The Morgan fingerprint density at radius 1 is 1.05 bits per heavy atom. The molecular weight excluding hydrogens is 269 g/mol. The highest BCUT2D eigenvalue weighted by atomic mass is 19.1. The van der Waals surface area contributed by atoms with Crippen molar-refractivity contribution in [2.24, 2.45) is 0 Å². The van der Waals surface area contributed by atoms with Crippen molar-refractivity contribution >= 4 is 11.6 Å². The summed E-state index contributed by atoms with van der Waals surface area (Å²) in [6.45, 7) is 0. The van der Waals surface area contributed by atoms with Crippen molar-refractivity contribution in [1.29, 1.82) is 0 Å². The van der Waals surface area contributed by atoms with Crippen LogP contribution in [0.15, 0.2) is 60.7 Å². The van der Waals surface area contributed by atoms with Gasteiger partial charge >= 0.3 is 0 Å². The van der Waals surface area contributed by atoms with Crippen LogP contribution >= 0.6 is 0 Å². The summed E-state index contributed by atoms with van der Waals surface area (Å²) in [6.07, 6.45) is 0. The van der Waals surface area contributed by atoms with Crippen molar-refractivity contribution in [1.82, 2.24) is 10.2 Å². The summed E-state index contributed by atoms with van der Waals surface area (Å²) in [5.74, 6) is -0.913. The van der Waals surface area contributed by atoms with E-state index in [4.69, 9.17) is 0 Å². The van der Waals surface area contributed by atoms with Crippen molar-refractivity contribution < 1.29 is 9.18 Å². The summed E-state index contributed by atoms with van der Waals surface area (Å²) in [4.78, 5) is 12.1. The molecule has 3 rings (SSSR count). The Morgan fingerprint density at radius 2 is 1.76 bits per heavy atom. The Balaban J connectivity index is 1.80. The minimum atomic E-state index is -0.478. The minimum absolute atomic E-state index is 0.137. The fourth-order valence-corrected chi connectivity index (χ4v) is 1.95. The normalized spacial score (nSPS) is 10.3. The van der Waals surface area contributed by atoms with Gasteiger partial charge in [-0.3, -0.25) is 9.89 Å². The first-order valence-corrected chi connectivity index (χ1v) is 6.41. The van der Waals surface area contributed by atoms with Gasteiger partial charge in [0.1, 0.15) is 11.5 Å². The average molecular weight is 281 g/mol. The molecule has 0 radical (unpaired) electrons. The molecule has 0 atom stereocenters. The third-order valence-corrected chi connectivity index (χ3v) is 3.01. The Kier molecular flexibility index (Phi) is 3.47. The molecule has 0 spiro atoms. The average Bonchev–Trinajstić information content (AvgIpc) is 3.00. The molecule has 1 heterocycles. The van der Waals surface area contributed by atoms with Crippen molar-refractivity contribution in [2.75, 3.05) is 5.32 Å². The molecule has 1 aromatic heterocycles. The van der Waals surface area contributed by atoms with Gasteiger partial charge in [0, 0.05) is 5.56 Å². The molecule has 2 aromatic carbocycles. The molecule has 3 aromatic rings. The monoisotopic (exact) mass is 281 g/mol. The minimum Gasteiger partial charge on any atom is -0.318 e. The van der Waals surface area contributed by atoms with E-state index in [1.807, 2.05) is 30.3 Å². The van der Waals surface area contributed by atoms with E-state index in [1.54, 1.807) is 18.2 Å². The van der Waals surface area contributed by atoms with E-state index in [-0.39, 0.29) is 11.4 Å². The first-order chi connectivity index (χ1) is 10.2. The van der Waals surface area contributed by atoms with Crippen LogP contribution in [0.5, 0.6) is 0 Å². The highest BCUT2D eigenvalue weighted by Crippen LogP contribution is 2.18. The molecule has 0 saturated carbocycles. The Hall–Kier alpha value is -2.95. The summed E-state index contributed by atoms with van der Waals surface area (Å²) in [5.41, 5.74) is 1.98. The van der Waals surface area contributed by atoms with Crippen LogP contribution in [-0.4, -0.2) is 16.1 Å². The van der Waals surface area contributed by atoms with Crippen LogP contribution in [0.2, 0.25) is 0 Å². The number of H-pyrrole nitrogens is 1. The van der Waals surface area contributed by atoms with E-state index in [9.17, 15) is 9.18 Å². The van der Waals surface area contributed by atoms with E-state index in [0.717, 1.165) is 5.56 Å². The van der Waals surface area contributed by atoms with Gasteiger partial charge in [-0.05, 0) is 18.2 Å². The largest absolute Gasteiger partial charge is 0.318 e. The van der Waals surface area contributed by atoms with Gasteiger partial charge in [0.15, 0.2) is 0 Å². The number of nitrogens with one attached hydrogen (secondary N) is 2. The lowest BCUT2D eigenvalue weighted by atomic mass is 10.1. The molecule has 0 saturated heterocycles. The summed E-state index contributed by atoms with van der Waals surface area (Å²) >= 11 is 0. The fourth-order valence-electron chi connectivity index (χ4n) is 1.95. The number of anilines is 1. The summed E-state index contributed by atoms with van der Waals surface area (Å²) in [7, 11) is 0. The maximum Gasteiger partial charge on any atom is 0.273 e. The zero-order chi connectivity index (χ0) is 14.7. The molecule has 1 amide bonds. The second kappa shape index (κ2) is 5.58. The van der Waals surface area contributed by atoms with Crippen molar-refractivity contribution in [3.05, 3.63) is 72.2 Å². The predicted molar refractivity (Wildman–Crippen MR) is 78.4 cm³/mol. The van der Waals surface area contributed by atoms with Gasteiger partial charge in [-0.15, -0.1) is 0 Å². The predicted octanol–water partition coefficient (Wildman–Crippen LogP) is 3.47. The Labute approximate surface area is 120 Å². The fraction of sp³-hybridized carbons (Fsp3) is 0. The molecule has 0 aliphatic rings. The van der Waals surface area contributed by atoms with Crippen LogP contribution < -0.4 is 5.32 Å². The highest BCUT2D eigenvalue weighted by molar-refractivity contribution is 6.03. The molecule has 21 heavy (non-hydrogen) atoms. The first-order valence-electron chi connectivity index (χ1n) is 6.41. The van der Waals surface area contributed by atoms with Gasteiger partial charge in [-0.2, -0.15) is 5.10 Å². The lowest BCUT2D eigenvalue weighted by Gasteiger charge is -2.03. The zero-order valence-electron chi connectivity index (χ0n) is 11.0. The number of amides is 1. The summed E-state index contributed by atoms with van der Waals surface area (Å²) in [6, 6.07) is 17.1. The number of aromatic amines is 1. The van der Waals surface area contributed by atoms with Gasteiger partial charge in [0.25, 0.3) is 5.91 Å². The lowest BCUT2D eigenvalue weighted by Crippen LogP contribution is -2.13. The van der Waals surface area contributed by atoms with Crippen LogP contribution in [0.4, 0.5) is 10.1 Å². The van der Waals surface area contributed by atoms with Crippen molar-refractivity contribution in [3.8, 4) is 11.3 Å². The molecule has 5 heteroatoms. The van der Waals surface area contributed by atoms with Crippen molar-refractivity contribution in [2.45, 2.75) is 0 Å². The van der Waals surface area contributed by atoms with Crippen LogP contribution in [0.25, 0.3) is 11.3 Å². The number of halogens is 1. The SMILES string of the molecule is O=C(Nc1ccccc1F)c1cc(-c2ccccc2)n[nH]1. The topological polar surface area (TPSA) is 57.8 Å². The summed E-state index contributed by atoms with van der Waals surface area (Å²) < 4.78 is 13.5. The number of hydrogen-bond acceptors (Lipinski definition) is 2. The van der Waals surface area contributed by atoms with Crippen LogP contribution in [0.3, 0.4) is 0 Å². The molecule has 0 fully saturated rings. The highest BCUT2D eigenvalue weighted by Gasteiger charge is 2.12. The standard InChI is InChI=1S/C16H12FN3O/c17-12-8-4-5-9-13(12)18-16(21)15-10-14(19-20-15)11-6-2-1-3-7-11/h1-10H,(H,18,21)(H,19,20). The lowest BCUT2D eigenvalue weighted by molar-refractivity contribution is 0.102. The molecule has 104 valence electrons. The summed E-state index contributed by atoms with van der Waals surface area (Å²) in [5, 5.41) is 9.26. The molecule has 4 nitrogen and oxygen atoms in total. The van der Waals surface area contributed by atoms with Gasteiger partial charge in [-0.25, -0.2) is 4.39 Å². The first kappa shape index (κ1) is 13.1. The second-order valence-electron chi connectivity index (χ2n) is 4.47. The second-order valence-corrected chi connectivity index (χ2v) is 4.47. The number of hydrogen-bond donors (Lipinski definition) is 2. The molecule has 0 unspecified atom stereocenters. The zero-order valence-corrected chi connectivity index (χ0v) is 11.0. The van der Waals surface area contributed by atoms with Crippen LogP contribution in [0.1, 0.15) is 10.5 Å². The van der Waals surface area contributed by atoms with Crippen molar-refractivity contribution in [3.63, 3.8) is 0 Å². The van der Waals surface area contributed by atoms with E-state index in [2.05, 4.69) is 15.5 Å². The maximum atomic E-state index is 13.5. The smallest absolute Gasteiger partial charge is 0.273 e. The number of benzene rings is 2. The van der Waals surface area contributed by atoms with Crippen LogP contribution in [-0.2, 0) is 0 Å². The molecule has 0 bridgehead atoms. The van der Waals surface area contributed by atoms with Gasteiger partial charge in [0.2, 0.25) is 0 Å². The number of aromatic nitrogens is 2. The van der Waals surface area contributed by atoms with Gasteiger partial charge in [0.05, 0.1) is 11.4 Å². The number of para-hydroxylation sites is 1. The molecular formula is C16H12FN3O. The number of carbonyl (C=O) groups excluding carboxylic acids is 1. The van der Waals surface area contributed by atoms with Gasteiger partial charge < -0.3 is 5.32 Å². The van der Waals surface area contributed by atoms with Gasteiger partial charge in [-0.1, -0.05) is 42.5 Å². The Bertz CT molecular complexity index is 768. The molecule has 0 aliphatic carbocycles. The molecule has 0 aliphatic heterocycles. The Morgan fingerprint density at radius 3 is 2.52 bits per heavy atom. The van der Waals surface area contributed by atoms with E-state index < -0.39 is 11.7 Å². The number of nitrogens with zero attached hydrogens (tertiary/aromatic N) is 1. The third-order valence-electron chi connectivity index (χ3n) is 3.01. The van der Waals surface area contributed by atoms with E-state index in [1.165, 1.54) is 12.1 Å². The number of rotatable bonds is 3. The van der Waals surface area contributed by atoms with E-state index >= 15 is 0 Å². The quantitative estimate of drug-likeness (QED) is 0.772. The third kappa shape index (κ3) is 2.81. The van der Waals surface area contributed by atoms with Crippen LogP contribution in [0, 0.1) is 5.82 Å².